The molecule has 0 bridgehead atoms. The van der Waals surface area contributed by atoms with Gasteiger partial charge in [-0.2, -0.15) is 4.31 Å². The number of hydrogen-bond donors (Lipinski definition) is 1. The first kappa shape index (κ1) is 20.2. The van der Waals surface area contributed by atoms with Crippen molar-refractivity contribution >= 4 is 39.2 Å². The summed E-state index contributed by atoms with van der Waals surface area (Å²) in [5, 5.41) is 2.69. The highest BCUT2D eigenvalue weighted by molar-refractivity contribution is 7.98. The molecule has 8 heteroatoms. The largest absolute Gasteiger partial charge is 0.325 e. The minimum absolute atomic E-state index is 0.0298. The van der Waals surface area contributed by atoms with Crippen LogP contribution in [0.2, 0.25) is 0 Å². The van der Waals surface area contributed by atoms with E-state index in [1.165, 1.54) is 38.2 Å². The van der Waals surface area contributed by atoms with E-state index < -0.39 is 15.9 Å². The smallest absolute Gasteiger partial charge is 0.243 e. The zero-order valence-electron chi connectivity index (χ0n) is 14.7. The molecule has 1 N–H and O–H groups in total. The van der Waals surface area contributed by atoms with Crippen molar-refractivity contribution in [1.29, 1.82) is 0 Å². The highest BCUT2D eigenvalue weighted by Crippen LogP contribution is 2.19. The molecule has 0 radical (unpaired) electrons. The van der Waals surface area contributed by atoms with Crippen LogP contribution in [0.5, 0.6) is 0 Å². The van der Waals surface area contributed by atoms with Crippen molar-refractivity contribution in [2.75, 3.05) is 25.2 Å². The molecule has 6 nitrogen and oxygen atoms in total. The van der Waals surface area contributed by atoms with Crippen LogP contribution in [0.4, 0.5) is 5.69 Å². The van der Waals surface area contributed by atoms with E-state index in [-0.39, 0.29) is 17.2 Å². The van der Waals surface area contributed by atoms with Gasteiger partial charge in [-0.15, -0.1) is 11.8 Å². The van der Waals surface area contributed by atoms with E-state index in [2.05, 4.69) is 5.32 Å². The van der Waals surface area contributed by atoms with Gasteiger partial charge in [-0.25, -0.2) is 8.42 Å². The van der Waals surface area contributed by atoms with E-state index in [9.17, 15) is 18.0 Å². The Morgan fingerprint density at radius 1 is 1.12 bits per heavy atom. The van der Waals surface area contributed by atoms with E-state index >= 15 is 0 Å². The normalized spacial score (nSPS) is 11.4. The maximum atomic E-state index is 12.6. The second-order valence-electron chi connectivity index (χ2n) is 5.62. The quantitative estimate of drug-likeness (QED) is 0.579. The highest BCUT2D eigenvalue weighted by atomic mass is 32.2. The SMILES string of the molecule is CSc1cccc(NC(=O)CN(C)S(=O)(=O)c2ccc(C(C)=O)cc2)c1. The first-order chi connectivity index (χ1) is 12.2. The molecular weight excluding hydrogens is 372 g/mol. The van der Waals surface area contributed by atoms with E-state index in [1.807, 2.05) is 24.5 Å². The molecule has 0 atom stereocenters. The molecule has 2 rings (SSSR count). The lowest BCUT2D eigenvalue weighted by Gasteiger charge is -2.17. The second kappa shape index (κ2) is 8.48. The van der Waals surface area contributed by atoms with Crippen molar-refractivity contribution in [2.45, 2.75) is 16.7 Å². The Kier molecular flexibility index (Phi) is 6.57. The average molecular weight is 393 g/mol. The number of hydrogen-bond acceptors (Lipinski definition) is 5. The molecule has 1 amide bonds. The van der Waals surface area contributed by atoms with E-state index in [0.29, 0.717) is 11.3 Å². The Labute approximate surface area is 157 Å². The van der Waals surface area contributed by atoms with Gasteiger partial charge in [-0.1, -0.05) is 18.2 Å². The van der Waals surface area contributed by atoms with Crippen LogP contribution >= 0.6 is 11.8 Å². The van der Waals surface area contributed by atoms with Crippen LogP contribution in [0, 0.1) is 0 Å². The summed E-state index contributed by atoms with van der Waals surface area (Å²) in [4.78, 5) is 24.5. The van der Waals surface area contributed by atoms with Crippen molar-refractivity contribution in [3.05, 3.63) is 54.1 Å². The molecule has 2 aromatic rings. The third kappa shape index (κ3) is 4.94. The Morgan fingerprint density at radius 3 is 2.35 bits per heavy atom. The van der Waals surface area contributed by atoms with Gasteiger partial charge in [0.1, 0.15) is 0 Å². The Hall–Kier alpha value is -2.16. The minimum Gasteiger partial charge on any atom is -0.325 e. The summed E-state index contributed by atoms with van der Waals surface area (Å²) >= 11 is 1.55. The Morgan fingerprint density at radius 2 is 1.77 bits per heavy atom. The molecule has 0 fully saturated rings. The van der Waals surface area contributed by atoms with E-state index in [4.69, 9.17) is 0 Å². The van der Waals surface area contributed by atoms with Gasteiger partial charge in [0.25, 0.3) is 0 Å². The van der Waals surface area contributed by atoms with Crippen LogP contribution in [0.1, 0.15) is 17.3 Å². The number of benzene rings is 2. The molecule has 0 unspecified atom stereocenters. The molecule has 0 heterocycles. The molecule has 26 heavy (non-hydrogen) atoms. The number of Topliss-reactive ketones (excluding diaryl/α,β-unsaturated/α-hetero) is 1. The molecule has 0 saturated carbocycles. The van der Waals surface area contributed by atoms with Crippen LogP contribution in [0.15, 0.2) is 58.3 Å². The van der Waals surface area contributed by atoms with Crippen molar-refractivity contribution < 1.29 is 18.0 Å². The van der Waals surface area contributed by atoms with Gasteiger partial charge >= 0.3 is 0 Å². The molecule has 0 saturated heterocycles. The summed E-state index contributed by atoms with van der Waals surface area (Å²) in [5.74, 6) is -0.580. The van der Waals surface area contributed by atoms with Crippen LogP contribution < -0.4 is 5.32 Å². The number of rotatable bonds is 7. The number of sulfonamides is 1. The van der Waals surface area contributed by atoms with Gasteiger partial charge in [0.15, 0.2) is 5.78 Å². The van der Waals surface area contributed by atoms with Crippen molar-refractivity contribution in [1.82, 2.24) is 4.31 Å². The van der Waals surface area contributed by atoms with Crippen molar-refractivity contribution in [3.8, 4) is 0 Å². The fraction of sp³-hybridized carbons (Fsp3) is 0.222. The topological polar surface area (TPSA) is 83.6 Å². The maximum Gasteiger partial charge on any atom is 0.243 e. The molecule has 2 aromatic carbocycles. The number of carbonyl (C=O) groups is 2. The van der Waals surface area contributed by atoms with Crippen molar-refractivity contribution in [3.63, 3.8) is 0 Å². The molecule has 138 valence electrons. The second-order valence-corrected chi connectivity index (χ2v) is 8.55. The standard InChI is InChI=1S/C18H20N2O4S2/c1-13(21)14-7-9-17(10-8-14)26(23,24)20(2)12-18(22)19-15-5-4-6-16(11-15)25-3/h4-11H,12H2,1-3H3,(H,19,22). The molecule has 0 spiro atoms. The first-order valence-corrected chi connectivity index (χ1v) is 10.4. The number of ketones is 1. The zero-order valence-corrected chi connectivity index (χ0v) is 16.4. The minimum atomic E-state index is -3.82. The predicted molar refractivity (Wildman–Crippen MR) is 103 cm³/mol. The number of nitrogens with zero attached hydrogens (tertiary/aromatic N) is 1. The summed E-state index contributed by atoms with van der Waals surface area (Å²) < 4.78 is 26.1. The van der Waals surface area contributed by atoms with Crippen LogP contribution in [-0.4, -0.2) is 44.3 Å². The van der Waals surface area contributed by atoms with Crippen LogP contribution in [0.25, 0.3) is 0 Å². The zero-order chi connectivity index (χ0) is 19.3. The summed E-state index contributed by atoms with van der Waals surface area (Å²) in [6.07, 6.45) is 1.93. The fourth-order valence-corrected chi connectivity index (χ4v) is 3.82. The van der Waals surface area contributed by atoms with Gasteiger partial charge in [-0.05, 0) is 43.5 Å². The summed E-state index contributed by atoms with van der Waals surface area (Å²) in [6, 6.07) is 12.9. The van der Waals surface area contributed by atoms with Crippen molar-refractivity contribution in [2.24, 2.45) is 0 Å². The molecule has 0 aromatic heterocycles. The number of likely N-dealkylation sites (N-methyl/N-ethyl adjacent to an activating group) is 1. The summed E-state index contributed by atoms with van der Waals surface area (Å²) in [5.41, 5.74) is 1.04. The third-order valence-electron chi connectivity index (χ3n) is 3.69. The molecule has 0 aliphatic rings. The van der Waals surface area contributed by atoms with E-state index in [0.717, 1.165) is 9.20 Å². The number of nitrogens with one attached hydrogen (secondary N) is 1. The van der Waals surface area contributed by atoms with Crippen LogP contribution in [-0.2, 0) is 14.8 Å². The first-order valence-electron chi connectivity index (χ1n) is 7.75. The fourth-order valence-electron chi connectivity index (χ4n) is 2.23. The Bertz CT molecular complexity index is 909. The van der Waals surface area contributed by atoms with Gasteiger partial charge in [0.2, 0.25) is 15.9 Å². The monoisotopic (exact) mass is 392 g/mol. The van der Waals surface area contributed by atoms with Gasteiger partial charge < -0.3 is 5.32 Å². The molecule has 0 aliphatic carbocycles. The lowest BCUT2D eigenvalue weighted by molar-refractivity contribution is -0.116. The summed E-state index contributed by atoms with van der Waals surface area (Å²) in [6.45, 7) is 1.09. The maximum absolute atomic E-state index is 12.6. The number of carbonyl (C=O) groups excluding carboxylic acids is 2. The predicted octanol–water partition coefficient (Wildman–Crippen LogP) is 2.87. The van der Waals surface area contributed by atoms with Crippen LogP contribution in [0.3, 0.4) is 0 Å². The Balaban J connectivity index is 2.08. The third-order valence-corrected chi connectivity index (χ3v) is 6.23. The molecule has 0 aliphatic heterocycles. The lowest BCUT2D eigenvalue weighted by atomic mass is 10.2. The van der Waals surface area contributed by atoms with Gasteiger partial charge in [0.05, 0.1) is 11.4 Å². The van der Waals surface area contributed by atoms with E-state index in [1.54, 1.807) is 17.8 Å². The average Bonchev–Trinajstić information content (AvgIpc) is 2.61. The molecular formula is C18H20N2O4S2. The van der Waals surface area contributed by atoms with Gasteiger partial charge in [-0.3, -0.25) is 9.59 Å². The lowest BCUT2D eigenvalue weighted by Crippen LogP contribution is -2.35. The number of anilines is 1. The highest BCUT2D eigenvalue weighted by Gasteiger charge is 2.23. The number of amides is 1. The summed E-state index contributed by atoms with van der Waals surface area (Å²) in [7, 11) is -2.49. The number of thioether (sulfide) groups is 1. The van der Waals surface area contributed by atoms with Gasteiger partial charge in [0, 0.05) is 23.2 Å².